The van der Waals surface area contributed by atoms with Gasteiger partial charge in [-0.1, -0.05) is 16.8 Å². The van der Waals surface area contributed by atoms with E-state index in [-0.39, 0.29) is 5.91 Å². The molecule has 1 aromatic carbocycles. The molecule has 0 aliphatic carbocycles. The predicted octanol–water partition coefficient (Wildman–Crippen LogP) is 2.44. The van der Waals surface area contributed by atoms with Crippen LogP contribution in [0.2, 0.25) is 5.02 Å². The molecule has 7 nitrogen and oxygen atoms in total. The number of nitrogens with one attached hydrogen (secondary N) is 1. The molecule has 0 bridgehead atoms. The summed E-state index contributed by atoms with van der Waals surface area (Å²) in [6.45, 7) is 4.09. The number of amides is 1. The van der Waals surface area contributed by atoms with Gasteiger partial charge in [0, 0.05) is 50.4 Å². The summed E-state index contributed by atoms with van der Waals surface area (Å²) in [4.78, 5) is 17.2. The van der Waals surface area contributed by atoms with Crippen molar-refractivity contribution in [1.82, 2.24) is 15.0 Å². The zero-order chi connectivity index (χ0) is 18.5. The molecule has 0 saturated carbocycles. The highest BCUT2D eigenvalue weighted by Gasteiger charge is 2.29. The predicted molar refractivity (Wildman–Crippen MR) is 101 cm³/mol. The first kappa shape index (κ1) is 18.7. The van der Waals surface area contributed by atoms with Crippen molar-refractivity contribution >= 4 is 23.3 Å². The maximum absolute atomic E-state index is 13.2. The second-order valence-electron chi connectivity index (χ2n) is 6.26. The second kappa shape index (κ2) is 8.53. The number of likely N-dealkylation sites (N-methyl/N-ethyl adjacent to an activating group) is 1. The number of benzene rings is 1. The highest BCUT2D eigenvalue weighted by Crippen LogP contribution is 2.31. The fourth-order valence-electron chi connectivity index (χ4n) is 2.85. The quantitative estimate of drug-likeness (QED) is 0.778. The Bertz CT molecular complexity index is 739. The first-order valence-corrected chi connectivity index (χ1v) is 8.94. The van der Waals surface area contributed by atoms with Gasteiger partial charge in [0.15, 0.2) is 11.6 Å². The molecular weight excluding hydrogens is 356 g/mol. The number of anilines is 1. The van der Waals surface area contributed by atoms with Crippen molar-refractivity contribution in [3.05, 3.63) is 34.9 Å². The monoisotopic (exact) mass is 378 g/mol. The number of hydrogen-bond acceptors (Lipinski definition) is 6. The SMILES string of the molecule is COCCNc1noc(-c2ccc(Cl)cc2)c1C(=O)N1CCN(C)CC1. The van der Waals surface area contributed by atoms with Crippen molar-refractivity contribution in [2.24, 2.45) is 0 Å². The minimum Gasteiger partial charge on any atom is -0.383 e. The van der Waals surface area contributed by atoms with Gasteiger partial charge in [-0.05, 0) is 31.3 Å². The fraction of sp³-hybridized carbons (Fsp3) is 0.444. The highest BCUT2D eigenvalue weighted by atomic mass is 35.5. The third kappa shape index (κ3) is 4.17. The summed E-state index contributed by atoms with van der Waals surface area (Å²) in [5, 5.41) is 7.84. The summed E-state index contributed by atoms with van der Waals surface area (Å²) < 4.78 is 10.6. The standard InChI is InChI=1S/C18H23ClN4O3/c1-22-8-10-23(11-9-22)18(24)15-16(13-3-5-14(19)6-4-13)26-21-17(15)20-7-12-25-2/h3-6H,7-12H2,1-2H3,(H,20,21). The molecular formula is C18H23ClN4O3. The molecule has 1 N–H and O–H groups in total. The van der Waals surface area contributed by atoms with E-state index >= 15 is 0 Å². The summed E-state index contributed by atoms with van der Waals surface area (Å²) >= 11 is 5.97. The molecule has 1 fully saturated rings. The highest BCUT2D eigenvalue weighted by molar-refractivity contribution is 6.30. The van der Waals surface area contributed by atoms with E-state index in [2.05, 4.69) is 22.4 Å². The molecule has 0 spiro atoms. The van der Waals surface area contributed by atoms with Crippen LogP contribution in [0.4, 0.5) is 5.82 Å². The number of rotatable bonds is 6. The van der Waals surface area contributed by atoms with Gasteiger partial charge < -0.3 is 24.4 Å². The second-order valence-corrected chi connectivity index (χ2v) is 6.69. The van der Waals surface area contributed by atoms with Crippen LogP contribution in [0.15, 0.2) is 28.8 Å². The molecule has 0 radical (unpaired) electrons. The Morgan fingerprint density at radius 2 is 1.96 bits per heavy atom. The van der Waals surface area contributed by atoms with E-state index in [1.807, 2.05) is 17.0 Å². The van der Waals surface area contributed by atoms with Gasteiger partial charge in [0.25, 0.3) is 5.91 Å². The summed E-state index contributed by atoms with van der Waals surface area (Å²) in [6.07, 6.45) is 0. The molecule has 1 amide bonds. The largest absolute Gasteiger partial charge is 0.383 e. The van der Waals surface area contributed by atoms with Crippen molar-refractivity contribution in [1.29, 1.82) is 0 Å². The van der Waals surface area contributed by atoms with E-state index in [0.29, 0.717) is 48.4 Å². The van der Waals surface area contributed by atoms with Crippen molar-refractivity contribution in [2.45, 2.75) is 0 Å². The van der Waals surface area contributed by atoms with Crippen LogP contribution in [0, 0.1) is 0 Å². The van der Waals surface area contributed by atoms with Crippen LogP contribution in [0.25, 0.3) is 11.3 Å². The number of carbonyl (C=O) groups excluding carboxylic acids is 1. The lowest BCUT2D eigenvalue weighted by molar-refractivity contribution is 0.0665. The molecule has 1 aliphatic rings. The van der Waals surface area contributed by atoms with Crippen molar-refractivity contribution in [2.75, 3.05) is 58.8 Å². The van der Waals surface area contributed by atoms with Gasteiger partial charge in [-0.3, -0.25) is 4.79 Å². The summed E-state index contributed by atoms with van der Waals surface area (Å²) in [5.74, 6) is 0.811. The van der Waals surface area contributed by atoms with E-state index in [1.54, 1.807) is 19.2 Å². The van der Waals surface area contributed by atoms with E-state index in [0.717, 1.165) is 18.7 Å². The molecule has 2 aromatic rings. The summed E-state index contributed by atoms with van der Waals surface area (Å²) in [7, 11) is 3.68. The lowest BCUT2D eigenvalue weighted by Gasteiger charge is -2.32. The fourth-order valence-corrected chi connectivity index (χ4v) is 2.97. The molecule has 0 atom stereocenters. The molecule has 1 aromatic heterocycles. The third-order valence-electron chi connectivity index (χ3n) is 4.40. The Labute approximate surface area is 157 Å². The zero-order valence-corrected chi connectivity index (χ0v) is 15.8. The van der Waals surface area contributed by atoms with Crippen LogP contribution < -0.4 is 5.32 Å². The minimum absolute atomic E-state index is 0.0794. The Hall–Kier alpha value is -2.09. The van der Waals surface area contributed by atoms with Crippen LogP contribution in [-0.4, -0.2) is 74.4 Å². The van der Waals surface area contributed by atoms with Crippen LogP contribution >= 0.6 is 11.6 Å². The molecule has 2 heterocycles. The van der Waals surface area contributed by atoms with Gasteiger partial charge in [0.05, 0.1) is 6.61 Å². The summed E-state index contributed by atoms with van der Waals surface area (Å²) in [6, 6.07) is 7.17. The number of halogens is 1. The Kier molecular flexibility index (Phi) is 6.13. The molecule has 1 saturated heterocycles. The first-order valence-electron chi connectivity index (χ1n) is 8.56. The van der Waals surface area contributed by atoms with Crippen LogP contribution in [0.1, 0.15) is 10.4 Å². The average molecular weight is 379 g/mol. The molecule has 3 rings (SSSR count). The maximum Gasteiger partial charge on any atom is 0.261 e. The van der Waals surface area contributed by atoms with Crippen LogP contribution in [0.5, 0.6) is 0 Å². The lowest BCUT2D eigenvalue weighted by Crippen LogP contribution is -2.47. The van der Waals surface area contributed by atoms with Gasteiger partial charge in [0.2, 0.25) is 0 Å². The number of aromatic nitrogens is 1. The molecule has 26 heavy (non-hydrogen) atoms. The molecule has 1 aliphatic heterocycles. The molecule has 140 valence electrons. The van der Waals surface area contributed by atoms with Crippen molar-refractivity contribution < 1.29 is 14.1 Å². The molecule has 0 unspecified atom stereocenters. The topological polar surface area (TPSA) is 70.8 Å². The number of methoxy groups -OCH3 is 1. The van der Waals surface area contributed by atoms with Crippen LogP contribution in [-0.2, 0) is 4.74 Å². The van der Waals surface area contributed by atoms with E-state index < -0.39 is 0 Å². The number of hydrogen-bond donors (Lipinski definition) is 1. The smallest absolute Gasteiger partial charge is 0.261 e. The molecule has 8 heteroatoms. The Morgan fingerprint density at radius 3 is 2.62 bits per heavy atom. The number of nitrogens with zero attached hydrogens (tertiary/aromatic N) is 3. The number of ether oxygens (including phenoxy) is 1. The van der Waals surface area contributed by atoms with E-state index in [9.17, 15) is 4.79 Å². The van der Waals surface area contributed by atoms with Gasteiger partial charge in [-0.25, -0.2) is 0 Å². The number of carbonyl (C=O) groups is 1. The Morgan fingerprint density at radius 1 is 1.27 bits per heavy atom. The van der Waals surface area contributed by atoms with Gasteiger partial charge in [0.1, 0.15) is 5.56 Å². The first-order chi connectivity index (χ1) is 12.6. The van der Waals surface area contributed by atoms with Crippen molar-refractivity contribution in [3.8, 4) is 11.3 Å². The van der Waals surface area contributed by atoms with Crippen molar-refractivity contribution in [3.63, 3.8) is 0 Å². The Balaban J connectivity index is 1.91. The third-order valence-corrected chi connectivity index (χ3v) is 4.65. The normalized spacial score (nSPS) is 15.3. The van der Waals surface area contributed by atoms with Crippen LogP contribution in [0.3, 0.4) is 0 Å². The number of piperazine rings is 1. The minimum atomic E-state index is -0.0794. The lowest BCUT2D eigenvalue weighted by atomic mass is 10.1. The van der Waals surface area contributed by atoms with Gasteiger partial charge >= 0.3 is 0 Å². The average Bonchev–Trinajstić information content (AvgIpc) is 3.06. The summed E-state index contributed by atoms with van der Waals surface area (Å²) in [5.41, 5.74) is 1.21. The maximum atomic E-state index is 13.2. The van der Waals surface area contributed by atoms with E-state index in [1.165, 1.54) is 0 Å². The zero-order valence-electron chi connectivity index (χ0n) is 15.0. The van der Waals surface area contributed by atoms with Gasteiger partial charge in [-0.2, -0.15) is 0 Å². The van der Waals surface area contributed by atoms with Gasteiger partial charge in [-0.15, -0.1) is 0 Å². The van der Waals surface area contributed by atoms with E-state index in [4.69, 9.17) is 20.9 Å².